The van der Waals surface area contributed by atoms with Gasteiger partial charge in [-0.2, -0.15) is 0 Å². The molecule has 6 nitrogen and oxygen atoms in total. The summed E-state index contributed by atoms with van der Waals surface area (Å²) < 4.78 is 18.3. The van der Waals surface area contributed by atoms with E-state index in [9.17, 15) is 9.18 Å². The third kappa shape index (κ3) is 4.34. The van der Waals surface area contributed by atoms with Crippen LogP contribution in [-0.2, 0) is 17.6 Å². The Kier molecular flexibility index (Phi) is 5.38. The van der Waals surface area contributed by atoms with Crippen molar-refractivity contribution in [3.8, 4) is 11.3 Å². The maximum atomic E-state index is 13.0. The summed E-state index contributed by atoms with van der Waals surface area (Å²) in [5, 5.41) is 3.99. The molecule has 1 atom stereocenters. The SMILES string of the molecule is Cc1noc(C)c1-c1cncc(C[C@@H]2CCN(C(=O)Cc3ccc(F)cc3)C2)n1. The second kappa shape index (κ2) is 8.11. The number of rotatable bonds is 5. The lowest BCUT2D eigenvalue weighted by molar-refractivity contribution is -0.129. The molecule has 3 heterocycles. The molecule has 150 valence electrons. The van der Waals surface area contributed by atoms with E-state index in [-0.39, 0.29) is 11.7 Å². The van der Waals surface area contributed by atoms with Crippen LogP contribution in [0.2, 0.25) is 0 Å². The summed E-state index contributed by atoms with van der Waals surface area (Å²) in [6, 6.07) is 6.10. The summed E-state index contributed by atoms with van der Waals surface area (Å²) in [4.78, 5) is 23.5. The minimum Gasteiger partial charge on any atom is -0.361 e. The quantitative estimate of drug-likeness (QED) is 0.662. The highest BCUT2D eigenvalue weighted by molar-refractivity contribution is 5.79. The van der Waals surface area contributed by atoms with Crippen molar-refractivity contribution in [2.24, 2.45) is 5.92 Å². The number of carbonyl (C=O) groups excluding carboxylic acids is 1. The Morgan fingerprint density at radius 2 is 2.03 bits per heavy atom. The molecule has 1 fully saturated rings. The van der Waals surface area contributed by atoms with Gasteiger partial charge in [0.15, 0.2) is 0 Å². The van der Waals surface area contributed by atoms with Gasteiger partial charge < -0.3 is 9.42 Å². The van der Waals surface area contributed by atoms with Gasteiger partial charge in [0.2, 0.25) is 5.91 Å². The molecule has 1 aliphatic heterocycles. The summed E-state index contributed by atoms with van der Waals surface area (Å²) in [5.74, 6) is 0.866. The first-order chi connectivity index (χ1) is 14.0. The van der Waals surface area contributed by atoms with Crippen LogP contribution in [0.4, 0.5) is 4.39 Å². The number of aryl methyl sites for hydroxylation is 2. The van der Waals surface area contributed by atoms with E-state index in [0.717, 1.165) is 53.4 Å². The minimum atomic E-state index is -0.289. The average molecular weight is 394 g/mol. The molecule has 0 saturated carbocycles. The molecule has 7 heteroatoms. The zero-order valence-electron chi connectivity index (χ0n) is 16.6. The fourth-order valence-electron chi connectivity index (χ4n) is 3.88. The maximum absolute atomic E-state index is 13.0. The molecular weight excluding hydrogens is 371 g/mol. The standard InChI is InChI=1S/C22H23FN4O2/c1-14-22(15(2)29-26-14)20-12-24-11-19(25-20)9-17-7-8-27(13-17)21(28)10-16-3-5-18(23)6-4-16/h3-6,11-12,17H,7-10,13H2,1-2H3/t17-/m0/s1. The number of halogens is 1. The average Bonchev–Trinajstić information content (AvgIpc) is 3.30. The molecule has 0 unspecified atom stereocenters. The second-order valence-electron chi connectivity index (χ2n) is 7.60. The fourth-order valence-corrected chi connectivity index (χ4v) is 3.88. The van der Waals surface area contributed by atoms with E-state index in [1.165, 1.54) is 12.1 Å². The van der Waals surface area contributed by atoms with Crippen LogP contribution in [0.15, 0.2) is 41.2 Å². The number of aromatic nitrogens is 3. The molecule has 0 bridgehead atoms. The van der Waals surface area contributed by atoms with Crippen molar-refractivity contribution in [3.05, 3.63) is 65.2 Å². The molecule has 29 heavy (non-hydrogen) atoms. The van der Waals surface area contributed by atoms with Crippen LogP contribution in [0, 0.1) is 25.6 Å². The predicted octanol–water partition coefficient (Wildman–Crippen LogP) is 3.52. The first-order valence-corrected chi connectivity index (χ1v) is 9.76. The van der Waals surface area contributed by atoms with Gasteiger partial charge >= 0.3 is 0 Å². The summed E-state index contributed by atoms with van der Waals surface area (Å²) in [7, 11) is 0. The summed E-state index contributed by atoms with van der Waals surface area (Å²) in [6.45, 7) is 5.20. The van der Waals surface area contributed by atoms with Crippen LogP contribution < -0.4 is 0 Å². The van der Waals surface area contributed by atoms with Gasteiger partial charge in [-0.1, -0.05) is 17.3 Å². The van der Waals surface area contributed by atoms with Gasteiger partial charge in [0, 0.05) is 19.3 Å². The number of amides is 1. The molecule has 1 saturated heterocycles. The number of hydrogen-bond acceptors (Lipinski definition) is 5. The molecule has 1 aromatic carbocycles. The summed E-state index contributed by atoms with van der Waals surface area (Å²) in [6.07, 6.45) is 5.51. The van der Waals surface area contributed by atoms with Crippen LogP contribution in [0.3, 0.4) is 0 Å². The molecule has 0 radical (unpaired) electrons. The van der Waals surface area contributed by atoms with Gasteiger partial charge in [-0.3, -0.25) is 9.78 Å². The Balaban J connectivity index is 1.38. The van der Waals surface area contributed by atoms with Gasteiger partial charge in [0.25, 0.3) is 0 Å². The predicted molar refractivity (Wildman–Crippen MR) is 105 cm³/mol. The maximum Gasteiger partial charge on any atom is 0.226 e. The Hall–Kier alpha value is -3.09. The van der Waals surface area contributed by atoms with E-state index < -0.39 is 0 Å². The van der Waals surface area contributed by atoms with E-state index >= 15 is 0 Å². The van der Waals surface area contributed by atoms with E-state index in [1.807, 2.05) is 18.7 Å². The highest BCUT2D eigenvalue weighted by atomic mass is 19.1. The number of hydrogen-bond donors (Lipinski definition) is 0. The topological polar surface area (TPSA) is 72.1 Å². The van der Waals surface area contributed by atoms with Gasteiger partial charge in [0.1, 0.15) is 11.6 Å². The number of carbonyl (C=O) groups is 1. The molecule has 2 aromatic heterocycles. The number of nitrogens with zero attached hydrogens (tertiary/aromatic N) is 4. The van der Waals surface area contributed by atoms with Gasteiger partial charge in [-0.25, -0.2) is 9.37 Å². The van der Waals surface area contributed by atoms with Gasteiger partial charge in [0.05, 0.1) is 35.3 Å². The lowest BCUT2D eigenvalue weighted by Gasteiger charge is -2.16. The van der Waals surface area contributed by atoms with Gasteiger partial charge in [-0.05, 0) is 50.3 Å². The number of likely N-dealkylation sites (tertiary alicyclic amines) is 1. The van der Waals surface area contributed by atoms with Crippen molar-refractivity contribution in [1.29, 1.82) is 0 Å². The normalized spacial score (nSPS) is 16.4. The first kappa shape index (κ1) is 19.2. The van der Waals surface area contributed by atoms with E-state index in [2.05, 4.69) is 10.1 Å². The lowest BCUT2D eigenvalue weighted by Crippen LogP contribution is -2.30. The van der Waals surface area contributed by atoms with Crippen molar-refractivity contribution in [3.63, 3.8) is 0 Å². The molecular formula is C22H23FN4O2. The smallest absolute Gasteiger partial charge is 0.226 e. The largest absolute Gasteiger partial charge is 0.361 e. The zero-order valence-corrected chi connectivity index (χ0v) is 16.6. The van der Waals surface area contributed by atoms with Crippen molar-refractivity contribution in [1.82, 2.24) is 20.0 Å². The fraction of sp³-hybridized carbons (Fsp3) is 0.364. The Bertz CT molecular complexity index is 996. The molecule has 0 spiro atoms. The molecule has 3 aromatic rings. The van der Waals surface area contributed by atoms with Crippen molar-refractivity contribution >= 4 is 5.91 Å². The molecule has 0 N–H and O–H groups in total. The molecule has 1 aliphatic rings. The van der Waals surface area contributed by atoms with Gasteiger partial charge in [-0.15, -0.1) is 0 Å². The molecule has 0 aliphatic carbocycles. The highest BCUT2D eigenvalue weighted by Crippen LogP contribution is 2.26. The number of benzene rings is 1. The second-order valence-corrected chi connectivity index (χ2v) is 7.60. The summed E-state index contributed by atoms with van der Waals surface area (Å²) >= 11 is 0. The zero-order chi connectivity index (χ0) is 20.4. The molecule has 1 amide bonds. The lowest BCUT2D eigenvalue weighted by atomic mass is 10.0. The van der Waals surface area contributed by atoms with Crippen LogP contribution in [0.25, 0.3) is 11.3 Å². The Morgan fingerprint density at radius 1 is 1.24 bits per heavy atom. The third-order valence-electron chi connectivity index (χ3n) is 5.38. The van der Waals surface area contributed by atoms with Crippen LogP contribution >= 0.6 is 0 Å². The minimum absolute atomic E-state index is 0.0784. The monoisotopic (exact) mass is 394 g/mol. The van der Waals surface area contributed by atoms with Crippen molar-refractivity contribution in [2.75, 3.05) is 13.1 Å². The highest BCUT2D eigenvalue weighted by Gasteiger charge is 2.27. The van der Waals surface area contributed by atoms with Crippen molar-refractivity contribution in [2.45, 2.75) is 33.1 Å². The first-order valence-electron chi connectivity index (χ1n) is 9.76. The summed E-state index contributed by atoms with van der Waals surface area (Å²) in [5.41, 5.74) is 4.19. The Labute approximate surface area is 168 Å². The van der Waals surface area contributed by atoms with Crippen LogP contribution in [0.1, 0.15) is 29.1 Å². The van der Waals surface area contributed by atoms with Crippen LogP contribution in [0.5, 0.6) is 0 Å². The van der Waals surface area contributed by atoms with E-state index in [1.54, 1.807) is 24.5 Å². The third-order valence-corrected chi connectivity index (χ3v) is 5.38. The molecule has 4 rings (SSSR count). The van der Waals surface area contributed by atoms with E-state index in [4.69, 9.17) is 9.51 Å². The van der Waals surface area contributed by atoms with E-state index in [0.29, 0.717) is 18.9 Å². The Morgan fingerprint density at radius 3 is 2.76 bits per heavy atom. The van der Waals surface area contributed by atoms with Crippen molar-refractivity contribution < 1.29 is 13.7 Å². The van der Waals surface area contributed by atoms with Crippen LogP contribution in [-0.4, -0.2) is 39.0 Å².